The predicted molar refractivity (Wildman–Crippen MR) is 106 cm³/mol. The first-order valence-electron chi connectivity index (χ1n) is 9.74. The maximum Gasteiger partial charge on any atom is 0.272 e. The summed E-state index contributed by atoms with van der Waals surface area (Å²) in [5, 5.41) is 2.90. The Morgan fingerprint density at radius 2 is 2.04 bits per heavy atom. The molecular formula is C21H32N4O2. The van der Waals surface area contributed by atoms with Crippen LogP contribution in [0, 0.1) is 17.3 Å². The number of nitrogens with one attached hydrogen (secondary N) is 1. The van der Waals surface area contributed by atoms with Crippen molar-refractivity contribution in [2.24, 2.45) is 17.3 Å². The van der Waals surface area contributed by atoms with E-state index in [1.165, 1.54) is 6.08 Å². The molecule has 1 aromatic heterocycles. The van der Waals surface area contributed by atoms with E-state index in [9.17, 15) is 9.59 Å². The molecule has 1 fully saturated rings. The molecule has 0 aromatic carbocycles. The Hall–Kier alpha value is -2.24. The topological polar surface area (TPSA) is 75.2 Å². The van der Waals surface area contributed by atoms with Crippen molar-refractivity contribution in [3.8, 4) is 0 Å². The summed E-state index contributed by atoms with van der Waals surface area (Å²) in [6.07, 6.45) is 5.59. The second-order valence-electron chi connectivity index (χ2n) is 8.43. The lowest BCUT2D eigenvalue weighted by molar-refractivity contribution is -0.117. The van der Waals surface area contributed by atoms with E-state index >= 15 is 0 Å². The highest BCUT2D eigenvalue weighted by Gasteiger charge is 2.34. The number of aromatic nitrogens is 2. The van der Waals surface area contributed by atoms with Crippen LogP contribution in [-0.2, 0) is 11.2 Å². The van der Waals surface area contributed by atoms with Crippen molar-refractivity contribution >= 4 is 11.8 Å². The average Bonchev–Trinajstić information content (AvgIpc) is 2.65. The minimum atomic E-state index is -0.142. The smallest absolute Gasteiger partial charge is 0.272 e. The Kier molecular flexibility index (Phi) is 7.11. The van der Waals surface area contributed by atoms with Gasteiger partial charge in [0.15, 0.2) is 0 Å². The van der Waals surface area contributed by atoms with Crippen LogP contribution in [0.4, 0.5) is 0 Å². The Balaban J connectivity index is 1.94. The first kappa shape index (κ1) is 21.1. The summed E-state index contributed by atoms with van der Waals surface area (Å²) in [6, 6.07) is 1.70. The molecule has 0 atom stereocenters. The molecular weight excluding hydrogens is 340 g/mol. The first-order chi connectivity index (χ1) is 12.7. The Morgan fingerprint density at radius 1 is 1.37 bits per heavy atom. The van der Waals surface area contributed by atoms with Crippen molar-refractivity contribution in [2.75, 3.05) is 19.6 Å². The largest absolute Gasteiger partial charge is 0.352 e. The minimum absolute atomic E-state index is 0.0152. The van der Waals surface area contributed by atoms with E-state index in [1.54, 1.807) is 12.3 Å². The molecule has 0 unspecified atom stereocenters. The van der Waals surface area contributed by atoms with Crippen LogP contribution in [0.25, 0.3) is 0 Å². The molecule has 0 spiro atoms. The van der Waals surface area contributed by atoms with Crippen molar-refractivity contribution in [2.45, 2.75) is 47.0 Å². The zero-order chi connectivity index (χ0) is 20.0. The number of nitrogens with zero attached hydrogens (tertiary/aromatic N) is 3. The Bertz CT molecular complexity index is 677. The highest BCUT2D eigenvalue weighted by Crippen LogP contribution is 2.34. The van der Waals surface area contributed by atoms with Crippen LogP contribution < -0.4 is 5.32 Å². The second-order valence-corrected chi connectivity index (χ2v) is 8.43. The molecule has 1 saturated heterocycles. The second kappa shape index (κ2) is 9.11. The first-order valence-corrected chi connectivity index (χ1v) is 9.74. The van der Waals surface area contributed by atoms with Crippen LogP contribution >= 0.6 is 0 Å². The number of amides is 2. The lowest BCUT2D eigenvalue weighted by Crippen LogP contribution is -2.45. The molecule has 2 heterocycles. The van der Waals surface area contributed by atoms with Gasteiger partial charge in [0.1, 0.15) is 11.5 Å². The summed E-state index contributed by atoms with van der Waals surface area (Å²) in [6.45, 7) is 14.1. The van der Waals surface area contributed by atoms with Crippen LogP contribution in [-0.4, -0.2) is 46.3 Å². The highest BCUT2D eigenvalue weighted by atomic mass is 16.2. The monoisotopic (exact) mass is 372 g/mol. The van der Waals surface area contributed by atoms with Crippen LogP contribution in [0.15, 0.2) is 24.9 Å². The van der Waals surface area contributed by atoms with E-state index in [0.717, 1.165) is 25.1 Å². The molecule has 148 valence electrons. The molecule has 0 bridgehead atoms. The van der Waals surface area contributed by atoms with E-state index in [0.29, 0.717) is 37.2 Å². The quantitative estimate of drug-likeness (QED) is 0.747. The van der Waals surface area contributed by atoms with Crippen molar-refractivity contribution in [3.05, 3.63) is 36.4 Å². The van der Waals surface area contributed by atoms with E-state index in [4.69, 9.17) is 0 Å². The van der Waals surface area contributed by atoms with Gasteiger partial charge in [-0.15, -0.1) is 0 Å². The van der Waals surface area contributed by atoms with E-state index < -0.39 is 0 Å². The molecule has 6 heteroatoms. The third-order valence-corrected chi connectivity index (χ3v) is 5.31. The molecule has 2 rings (SSSR count). The summed E-state index contributed by atoms with van der Waals surface area (Å²) in [7, 11) is 0. The normalized spacial score (nSPS) is 15.7. The van der Waals surface area contributed by atoms with Gasteiger partial charge in [0.25, 0.3) is 5.91 Å². The average molecular weight is 373 g/mol. The lowest BCUT2D eigenvalue weighted by atomic mass is 9.73. The molecule has 1 aromatic rings. The standard InChI is InChI=1S/C21H32N4O2/c1-6-19(26)23-14-21(4,5)16-8-11-25(12-9-16)20(27)17-7-10-22-18(24-17)13-15(2)3/h6-7,10,15-16H,1,8-9,11-14H2,2-5H3,(H,23,26). The van der Waals surface area contributed by atoms with Gasteiger partial charge < -0.3 is 10.2 Å². The molecule has 2 amide bonds. The summed E-state index contributed by atoms with van der Waals surface area (Å²) in [5.41, 5.74) is 0.462. The van der Waals surface area contributed by atoms with Gasteiger partial charge in [0.2, 0.25) is 5.91 Å². The number of hydrogen-bond acceptors (Lipinski definition) is 4. The summed E-state index contributed by atoms with van der Waals surface area (Å²) in [5.74, 6) is 1.48. The fourth-order valence-electron chi connectivity index (χ4n) is 3.54. The van der Waals surface area contributed by atoms with E-state index in [2.05, 4.69) is 49.6 Å². The van der Waals surface area contributed by atoms with Crippen molar-refractivity contribution in [1.29, 1.82) is 0 Å². The van der Waals surface area contributed by atoms with Gasteiger partial charge in [-0.3, -0.25) is 9.59 Å². The maximum atomic E-state index is 12.8. The molecule has 0 aliphatic carbocycles. The minimum Gasteiger partial charge on any atom is -0.352 e. The van der Waals surface area contributed by atoms with Gasteiger partial charge >= 0.3 is 0 Å². The van der Waals surface area contributed by atoms with Gasteiger partial charge in [0, 0.05) is 32.3 Å². The molecule has 6 nitrogen and oxygen atoms in total. The van der Waals surface area contributed by atoms with Gasteiger partial charge in [0.05, 0.1) is 0 Å². The van der Waals surface area contributed by atoms with Crippen molar-refractivity contribution < 1.29 is 9.59 Å². The van der Waals surface area contributed by atoms with E-state index in [1.807, 2.05) is 4.90 Å². The van der Waals surface area contributed by atoms with Crippen molar-refractivity contribution in [1.82, 2.24) is 20.2 Å². The SMILES string of the molecule is C=CC(=O)NCC(C)(C)C1CCN(C(=O)c2ccnc(CC(C)C)n2)CC1. The molecule has 27 heavy (non-hydrogen) atoms. The number of rotatable bonds is 7. The fraction of sp³-hybridized carbons (Fsp3) is 0.619. The van der Waals surface area contributed by atoms with Crippen LogP contribution in [0.2, 0.25) is 0 Å². The maximum absolute atomic E-state index is 12.8. The predicted octanol–water partition coefficient (Wildman–Crippen LogP) is 2.86. The van der Waals surface area contributed by atoms with Gasteiger partial charge in [-0.25, -0.2) is 9.97 Å². The molecule has 1 aliphatic heterocycles. The fourth-order valence-corrected chi connectivity index (χ4v) is 3.54. The number of piperidine rings is 1. The molecule has 0 saturated carbocycles. The summed E-state index contributed by atoms with van der Waals surface area (Å²) < 4.78 is 0. The molecule has 0 radical (unpaired) electrons. The number of likely N-dealkylation sites (tertiary alicyclic amines) is 1. The summed E-state index contributed by atoms with van der Waals surface area (Å²) >= 11 is 0. The Labute approximate surface area is 162 Å². The molecule has 1 aliphatic rings. The Morgan fingerprint density at radius 3 is 2.63 bits per heavy atom. The van der Waals surface area contributed by atoms with Crippen molar-refractivity contribution in [3.63, 3.8) is 0 Å². The van der Waals surface area contributed by atoms with Crippen LogP contribution in [0.5, 0.6) is 0 Å². The van der Waals surface area contributed by atoms with Crippen LogP contribution in [0.3, 0.4) is 0 Å². The van der Waals surface area contributed by atoms with E-state index in [-0.39, 0.29) is 17.2 Å². The lowest BCUT2D eigenvalue weighted by Gasteiger charge is -2.40. The summed E-state index contributed by atoms with van der Waals surface area (Å²) in [4.78, 5) is 34.9. The van der Waals surface area contributed by atoms with Crippen LogP contribution in [0.1, 0.15) is 56.8 Å². The van der Waals surface area contributed by atoms with Gasteiger partial charge in [-0.2, -0.15) is 0 Å². The third-order valence-electron chi connectivity index (χ3n) is 5.31. The molecule has 1 N–H and O–H groups in total. The van der Waals surface area contributed by atoms with Gasteiger partial charge in [-0.05, 0) is 42.2 Å². The third kappa shape index (κ3) is 5.88. The number of carbonyl (C=O) groups is 2. The highest BCUT2D eigenvalue weighted by molar-refractivity contribution is 5.92. The zero-order valence-corrected chi connectivity index (χ0v) is 17.0. The van der Waals surface area contributed by atoms with Gasteiger partial charge in [-0.1, -0.05) is 34.3 Å². The number of hydrogen-bond donors (Lipinski definition) is 1. The zero-order valence-electron chi connectivity index (χ0n) is 17.0. The number of carbonyl (C=O) groups excluding carboxylic acids is 2.